The number of anilines is 1. The molecule has 0 aromatic heterocycles. The molecular formula is C46H63N3O9Si. The minimum absolute atomic E-state index is 0.0194. The maximum absolute atomic E-state index is 14.5. The molecule has 2 aliphatic carbocycles. The van der Waals surface area contributed by atoms with Gasteiger partial charge in [-0.15, -0.1) is 0 Å². The third-order valence-electron chi connectivity index (χ3n) is 14.4. The van der Waals surface area contributed by atoms with Crippen LogP contribution in [0.3, 0.4) is 0 Å². The van der Waals surface area contributed by atoms with E-state index in [2.05, 4.69) is 45.3 Å². The second-order valence-corrected chi connectivity index (χ2v) is 24.2. The van der Waals surface area contributed by atoms with Crippen LogP contribution in [0.2, 0.25) is 18.1 Å². The second-order valence-electron chi connectivity index (χ2n) is 19.5. The first kappa shape index (κ1) is 41.5. The van der Waals surface area contributed by atoms with E-state index in [-0.39, 0.29) is 34.9 Å². The Morgan fingerprint density at radius 1 is 0.831 bits per heavy atom. The van der Waals surface area contributed by atoms with E-state index in [1.807, 2.05) is 17.0 Å². The van der Waals surface area contributed by atoms with Crippen molar-refractivity contribution in [2.75, 3.05) is 52.0 Å². The van der Waals surface area contributed by atoms with Crippen molar-refractivity contribution in [1.82, 2.24) is 9.80 Å². The monoisotopic (exact) mass is 829 g/mol. The topological polar surface area (TPSA) is 116 Å². The summed E-state index contributed by atoms with van der Waals surface area (Å²) in [6, 6.07) is 7.32. The van der Waals surface area contributed by atoms with Crippen LogP contribution >= 0.6 is 0 Å². The molecule has 3 amide bonds. The van der Waals surface area contributed by atoms with E-state index in [0.717, 1.165) is 75.5 Å². The first-order chi connectivity index (χ1) is 28.1. The first-order valence-electron chi connectivity index (χ1n) is 21.7. The predicted octanol–water partition coefficient (Wildman–Crippen LogP) is 8.76. The summed E-state index contributed by atoms with van der Waals surface area (Å²) in [7, 11) is 0.707. The van der Waals surface area contributed by atoms with Crippen molar-refractivity contribution in [3.63, 3.8) is 0 Å². The van der Waals surface area contributed by atoms with Gasteiger partial charge in [0.1, 0.15) is 6.61 Å². The van der Waals surface area contributed by atoms with Crippen molar-refractivity contribution < 1.29 is 42.5 Å². The largest absolute Gasteiger partial charge is 0.493 e. The van der Waals surface area contributed by atoms with Crippen molar-refractivity contribution >= 4 is 31.9 Å². The number of ether oxygens (including phenoxy) is 5. The summed E-state index contributed by atoms with van der Waals surface area (Å²) in [5, 5.41) is -0.146. The fourth-order valence-corrected chi connectivity index (χ4v) is 10.7. The normalized spacial score (nSPS) is 23.5. The van der Waals surface area contributed by atoms with Gasteiger partial charge in [-0.05, 0) is 123 Å². The standard InChI is InChI=1S/C46H63N3O9Si/c1-9-19-57-43(52)49-34-25-39(37(54-6)24-33(34)41(51)48-29-46(17-18-46)27-35(48)42(49)58-59(7,8)44(2,3)4)56-21-12-10-11-20-55-38-22-30-13-14-31-26-45(15-16-45)28-47(31)40(50)32(30)23-36(38)53-5/h9,22-25,31,35,42H,1,10-21,26-29H2,2-8H3/t31?,35-,42?/m0/s1. The zero-order chi connectivity index (χ0) is 41.9. The summed E-state index contributed by atoms with van der Waals surface area (Å²) >= 11 is 0. The summed E-state index contributed by atoms with van der Waals surface area (Å²) in [6.07, 6.45) is 10.9. The molecule has 2 unspecified atom stereocenters. The zero-order valence-electron chi connectivity index (χ0n) is 36.2. The van der Waals surface area contributed by atoms with Gasteiger partial charge < -0.3 is 37.9 Å². The number of fused-ring (bicyclic) bond motifs is 4. The number of unbranched alkanes of at least 4 members (excludes halogenated alkanes) is 2. The van der Waals surface area contributed by atoms with E-state index in [1.165, 1.54) is 18.9 Å². The summed E-state index contributed by atoms with van der Waals surface area (Å²) < 4.78 is 37.0. The molecule has 320 valence electrons. The lowest BCUT2D eigenvalue weighted by Crippen LogP contribution is -2.58. The molecule has 8 rings (SSSR count). The van der Waals surface area contributed by atoms with Gasteiger partial charge in [0.25, 0.3) is 11.8 Å². The zero-order valence-corrected chi connectivity index (χ0v) is 37.2. The number of aryl methyl sites for hydroxylation is 1. The lowest BCUT2D eigenvalue weighted by molar-refractivity contribution is 0.0528. The highest BCUT2D eigenvalue weighted by atomic mass is 28.4. The summed E-state index contributed by atoms with van der Waals surface area (Å²) in [5.74, 6) is 2.08. The summed E-state index contributed by atoms with van der Waals surface area (Å²) in [5.41, 5.74) is 2.96. The molecule has 4 aliphatic heterocycles. The van der Waals surface area contributed by atoms with Crippen LogP contribution in [0.25, 0.3) is 0 Å². The molecule has 2 spiro atoms. The third kappa shape index (κ3) is 7.93. The molecular weight excluding hydrogens is 767 g/mol. The van der Waals surface area contributed by atoms with Crippen LogP contribution in [0.4, 0.5) is 10.5 Å². The number of amides is 3. The number of hydrogen-bond acceptors (Lipinski definition) is 9. The Morgan fingerprint density at radius 2 is 1.42 bits per heavy atom. The van der Waals surface area contributed by atoms with Gasteiger partial charge in [-0.2, -0.15) is 0 Å². The van der Waals surface area contributed by atoms with Crippen molar-refractivity contribution in [3.05, 3.63) is 53.6 Å². The Kier molecular flexibility index (Phi) is 11.0. The van der Waals surface area contributed by atoms with Gasteiger partial charge in [-0.3, -0.25) is 9.59 Å². The van der Waals surface area contributed by atoms with Gasteiger partial charge in [-0.1, -0.05) is 33.4 Å². The molecule has 2 saturated heterocycles. The molecule has 3 atom stereocenters. The molecule has 59 heavy (non-hydrogen) atoms. The Balaban J connectivity index is 0.953. The molecule has 2 aromatic rings. The Bertz CT molecular complexity index is 1990. The van der Waals surface area contributed by atoms with E-state index in [9.17, 15) is 14.4 Å². The van der Waals surface area contributed by atoms with Gasteiger partial charge in [0.2, 0.25) is 0 Å². The fraction of sp³-hybridized carbons (Fsp3) is 0.630. The summed E-state index contributed by atoms with van der Waals surface area (Å²) in [6.45, 7) is 17.0. The van der Waals surface area contributed by atoms with Crippen molar-refractivity contribution in [3.8, 4) is 23.0 Å². The third-order valence-corrected chi connectivity index (χ3v) is 18.8. The number of hydrogen-bond donors (Lipinski definition) is 0. The number of carbonyl (C=O) groups is 3. The number of rotatable bonds is 14. The molecule has 4 fully saturated rings. The van der Waals surface area contributed by atoms with E-state index in [0.29, 0.717) is 65.5 Å². The van der Waals surface area contributed by atoms with Crippen LogP contribution in [-0.4, -0.2) is 101 Å². The van der Waals surface area contributed by atoms with Gasteiger partial charge in [0.15, 0.2) is 37.5 Å². The van der Waals surface area contributed by atoms with Gasteiger partial charge in [0, 0.05) is 30.8 Å². The average Bonchev–Trinajstić information content (AvgIpc) is 4.08. The van der Waals surface area contributed by atoms with Crippen LogP contribution in [0.5, 0.6) is 23.0 Å². The predicted molar refractivity (Wildman–Crippen MR) is 227 cm³/mol. The Hall–Kier alpha value is -4.23. The molecule has 0 radical (unpaired) electrons. The Morgan fingerprint density at radius 3 is 2.03 bits per heavy atom. The molecule has 0 bridgehead atoms. The second kappa shape index (κ2) is 15.7. The van der Waals surface area contributed by atoms with Crippen molar-refractivity contribution in [1.29, 1.82) is 0 Å². The maximum atomic E-state index is 14.5. The lowest BCUT2D eigenvalue weighted by Gasteiger charge is -2.44. The number of nitrogens with zero attached hydrogens (tertiary/aromatic N) is 3. The minimum Gasteiger partial charge on any atom is -0.493 e. The van der Waals surface area contributed by atoms with E-state index in [1.54, 1.807) is 31.3 Å². The first-order valence-corrected chi connectivity index (χ1v) is 24.6. The van der Waals surface area contributed by atoms with E-state index < -0.39 is 20.6 Å². The molecule has 12 nitrogen and oxygen atoms in total. The lowest BCUT2D eigenvalue weighted by atomic mass is 9.97. The highest BCUT2D eigenvalue weighted by Crippen LogP contribution is 2.58. The van der Waals surface area contributed by atoms with Crippen LogP contribution in [-0.2, 0) is 15.6 Å². The average molecular weight is 830 g/mol. The van der Waals surface area contributed by atoms with Gasteiger partial charge in [-0.25, -0.2) is 9.69 Å². The molecule has 2 aromatic carbocycles. The number of methoxy groups -OCH3 is 2. The summed E-state index contributed by atoms with van der Waals surface area (Å²) in [4.78, 5) is 47.9. The number of benzene rings is 2. The SMILES string of the molecule is C=CCOC(=O)N1c2cc(OCCCCCOc3cc4c(cc3OC)C(=O)N3CC5(CC5)CC3CC4)c(OC)cc2C(=O)N2CC3(CC3)C[C@H]2C1O[Si](C)(C)C(C)(C)C. The van der Waals surface area contributed by atoms with Gasteiger partial charge >= 0.3 is 6.09 Å². The molecule has 13 heteroatoms. The number of carbonyl (C=O) groups excluding carboxylic acids is 3. The van der Waals surface area contributed by atoms with Crippen LogP contribution in [0.1, 0.15) is 111 Å². The van der Waals surface area contributed by atoms with Gasteiger partial charge in [0.05, 0.1) is 44.7 Å². The maximum Gasteiger partial charge on any atom is 0.416 e. The highest BCUT2D eigenvalue weighted by molar-refractivity contribution is 6.74. The van der Waals surface area contributed by atoms with E-state index >= 15 is 0 Å². The fourth-order valence-electron chi connectivity index (χ4n) is 9.48. The van der Waals surface area contributed by atoms with Crippen LogP contribution in [0.15, 0.2) is 36.9 Å². The quantitative estimate of drug-likeness (QED) is 0.105. The molecule has 2 saturated carbocycles. The van der Waals surface area contributed by atoms with Crippen LogP contribution in [0, 0.1) is 10.8 Å². The molecule has 6 aliphatic rings. The van der Waals surface area contributed by atoms with Crippen molar-refractivity contribution in [2.24, 2.45) is 10.8 Å². The van der Waals surface area contributed by atoms with E-state index in [4.69, 9.17) is 28.1 Å². The van der Waals surface area contributed by atoms with Crippen LogP contribution < -0.4 is 23.8 Å². The minimum atomic E-state index is -2.47. The molecule has 4 heterocycles. The molecule has 0 N–H and O–H groups in total. The smallest absolute Gasteiger partial charge is 0.416 e. The Labute approximate surface area is 350 Å². The van der Waals surface area contributed by atoms with Crippen molar-refractivity contribution in [2.45, 2.75) is 128 Å². The highest BCUT2D eigenvalue weighted by Gasteiger charge is 2.60.